The van der Waals surface area contributed by atoms with Gasteiger partial charge in [0.05, 0.1) is 18.9 Å². The van der Waals surface area contributed by atoms with Crippen molar-refractivity contribution in [3.05, 3.63) is 59.9 Å². The zero-order valence-corrected chi connectivity index (χ0v) is 16.1. The van der Waals surface area contributed by atoms with Crippen LogP contribution in [0.15, 0.2) is 48.8 Å². The molecule has 3 rings (SSSR count). The molecular formula is C19H20N6O4. The smallest absolute Gasteiger partial charge is 0.269 e. The Morgan fingerprint density at radius 1 is 0.966 bits per heavy atom. The third-order valence-corrected chi connectivity index (χ3v) is 3.82. The van der Waals surface area contributed by atoms with Crippen LogP contribution in [0.4, 0.5) is 0 Å². The van der Waals surface area contributed by atoms with E-state index in [1.54, 1.807) is 42.5 Å². The second-order valence-electron chi connectivity index (χ2n) is 6.24. The molecule has 2 aromatic carbocycles. The maximum absolute atomic E-state index is 12.3. The lowest BCUT2D eigenvalue weighted by Gasteiger charge is -2.14. The highest BCUT2D eigenvalue weighted by Gasteiger charge is 2.13. The van der Waals surface area contributed by atoms with E-state index in [-0.39, 0.29) is 6.10 Å². The summed E-state index contributed by atoms with van der Waals surface area (Å²) in [5.41, 5.74) is 6.13. The summed E-state index contributed by atoms with van der Waals surface area (Å²) in [4.78, 5) is 24.6. The van der Waals surface area contributed by atoms with Crippen molar-refractivity contribution >= 4 is 11.8 Å². The van der Waals surface area contributed by atoms with Gasteiger partial charge in [0.1, 0.15) is 6.33 Å². The maximum atomic E-state index is 12.3. The number of hydrogen-bond donors (Lipinski definition) is 2. The minimum Gasteiger partial charge on any atom is -0.493 e. The van der Waals surface area contributed by atoms with Crippen LogP contribution in [0.1, 0.15) is 34.6 Å². The molecule has 3 aromatic rings. The monoisotopic (exact) mass is 396 g/mol. The molecule has 0 aliphatic heterocycles. The van der Waals surface area contributed by atoms with E-state index in [1.807, 2.05) is 13.8 Å². The lowest BCUT2D eigenvalue weighted by atomic mass is 10.2. The topological polar surface area (TPSA) is 120 Å². The van der Waals surface area contributed by atoms with Gasteiger partial charge in [0, 0.05) is 11.1 Å². The predicted octanol–water partition coefficient (Wildman–Crippen LogP) is 1.53. The second kappa shape index (κ2) is 8.83. The van der Waals surface area contributed by atoms with E-state index >= 15 is 0 Å². The molecular weight excluding hydrogens is 376 g/mol. The number of nitrogens with zero attached hydrogens (tertiary/aromatic N) is 4. The minimum absolute atomic E-state index is 0.0323. The third-order valence-electron chi connectivity index (χ3n) is 3.82. The molecule has 0 unspecified atom stereocenters. The van der Waals surface area contributed by atoms with E-state index in [1.165, 1.54) is 18.1 Å². The molecule has 0 aliphatic rings. The summed E-state index contributed by atoms with van der Waals surface area (Å²) >= 11 is 0. The van der Waals surface area contributed by atoms with E-state index in [2.05, 4.69) is 26.4 Å². The molecule has 0 fully saturated rings. The fraction of sp³-hybridized carbons (Fsp3) is 0.211. The number of ether oxygens (including phenoxy) is 2. The molecule has 150 valence electrons. The van der Waals surface area contributed by atoms with Gasteiger partial charge in [0.25, 0.3) is 11.8 Å². The molecule has 0 saturated carbocycles. The highest BCUT2D eigenvalue weighted by molar-refractivity contribution is 5.99. The quantitative estimate of drug-likeness (QED) is 0.606. The number of hydrogen-bond acceptors (Lipinski definition) is 7. The Labute approximate surface area is 166 Å². The van der Waals surface area contributed by atoms with Gasteiger partial charge in [0.2, 0.25) is 0 Å². The molecule has 2 amide bonds. The molecule has 0 saturated heterocycles. The fourth-order valence-corrected chi connectivity index (χ4v) is 2.46. The molecule has 29 heavy (non-hydrogen) atoms. The number of amides is 2. The molecule has 0 atom stereocenters. The normalized spacial score (nSPS) is 10.5. The molecule has 0 aliphatic carbocycles. The van der Waals surface area contributed by atoms with Gasteiger partial charge < -0.3 is 9.47 Å². The Kier molecular flexibility index (Phi) is 6.03. The zero-order chi connectivity index (χ0) is 20.8. The first-order chi connectivity index (χ1) is 14.0. The number of rotatable bonds is 6. The largest absolute Gasteiger partial charge is 0.493 e. The molecule has 2 N–H and O–H groups in total. The van der Waals surface area contributed by atoms with Crippen molar-refractivity contribution in [3.8, 4) is 17.2 Å². The Morgan fingerprint density at radius 2 is 1.62 bits per heavy atom. The minimum atomic E-state index is -0.488. The lowest BCUT2D eigenvalue weighted by molar-refractivity contribution is 0.0846. The first kappa shape index (κ1) is 19.8. The summed E-state index contributed by atoms with van der Waals surface area (Å²) in [5, 5.41) is 10.9. The van der Waals surface area contributed by atoms with E-state index in [0.717, 1.165) is 0 Å². The Bertz CT molecular complexity index is 986. The number of carbonyl (C=O) groups is 2. The van der Waals surface area contributed by atoms with Crippen molar-refractivity contribution in [2.24, 2.45) is 0 Å². The van der Waals surface area contributed by atoms with Crippen molar-refractivity contribution in [1.29, 1.82) is 0 Å². The first-order valence-corrected chi connectivity index (χ1v) is 8.76. The van der Waals surface area contributed by atoms with Gasteiger partial charge in [-0.2, -0.15) is 0 Å². The van der Waals surface area contributed by atoms with Gasteiger partial charge in [-0.3, -0.25) is 20.4 Å². The fourth-order valence-electron chi connectivity index (χ4n) is 2.46. The molecule has 1 aromatic heterocycles. The Hall–Kier alpha value is -3.95. The first-order valence-electron chi connectivity index (χ1n) is 8.76. The van der Waals surface area contributed by atoms with Gasteiger partial charge >= 0.3 is 0 Å². The van der Waals surface area contributed by atoms with Gasteiger partial charge in [-0.05, 0) is 66.7 Å². The predicted molar refractivity (Wildman–Crippen MR) is 103 cm³/mol. The summed E-state index contributed by atoms with van der Waals surface area (Å²) in [6.07, 6.45) is 1.41. The standard InChI is InChI=1S/C19H20N6O4/c1-12(2)29-16-9-6-14(10-17(16)28-3)19(27)22-21-18(26)13-4-7-15(8-5-13)25-11-20-23-24-25/h4-12H,1-3H3,(H,21,26)(H,22,27). The molecule has 10 heteroatoms. The maximum Gasteiger partial charge on any atom is 0.269 e. The van der Waals surface area contributed by atoms with Crippen molar-refractivity contribution in [2.75, 3.05) is 7.11 Å². The third kappa shape index (κ3) is 4.86. The number of tetrazole rings is 1. The number of carbonyl (C=O) groups excluding carboxylic acids is 2. The van der Waals surface area contributed by atoms with E-state index < -0.39 is 11.8 Å². The van der Waals surface area contributed by atoms with Crippen molar-refractivity contribution in [2.45, 2.75) is 20.0 Å². The number of benzene rings is 2. The Morgan fingerprint density at radius 3 is 2.21 bits per heavy atom. The molecule has 10 nitrogen and oxygen atoms in total. The van der Waals surface area contributed by atoms with Crippen molar-refractivity contribution < 1.29 is 19.1 Å². The van der Waals surface area contributed by atoms with Crippen LogP contribution in [0.3, 0.4) is 0 Å². The SMILES string of the molecule is COc1cc(C(=O)NNC(=O)c2ccc(-n3cnnn3)cc2)ccc1OC(C)C. The van der Waals surface area contributed by atoms with Crippen LogP contribution in [0.25, 0.3) is 5.69 Å². The summed E-state index contributed by atoms with van der Waals surface area (Å²) in [7, 11) is 1.49. The van der Waals surface area contributed by atoms with Crippen LogP contribution in [0.5, 0.6) is 11.5 Å². The van der Waals surface area contributed by atoms with Crippen molar-refractivity contribution in [1.82, 2.24) is 31.1 Å². The number of aromatic nitrogens is 4. The molecule has 0 radical (unpaired) electrons. The summed E-state index contributed by atoms with van der Waals surface area (Å²) in [6, 6.07) is 11.3. The number of hydrazine groups is 1. The zero-order valence-electron chi connectivity index (χ0n) is 16.1. The Balaban J connectivity index is 1.62. The highest BCUT2D eigenvalue weighted by Crippen LogP contribution is 2.28. The summed E-state index contributed by atoms with van der Waals surface area (Å²) < 4.78 is 12.4. The molecule has 1 heterocycles. The van der Waals surface area contributed by atoms with Crippen LogP contribution in [-0.2, 0) is 0 Å². The van der Waals surface area contributed by atoms with Gasteiger partial charge in [-0.15, -0.1) is 5.10 Å². The van der Waals surface area contributed by atoms with Gasteiger partial charge in [-0.25, -0.2) is 4.68 Å². The molecule has 0 spiro atoms. The average molecular weight is 396 g/mol. The summed E-state index contributed by atoms with van der Waals surface area (Å²) in [5.74, 6) is 0.00743. The van der Waals surface area contributed by atoms with Crippen LogP contribution in [0, 0.1) is 0 Å². The highest BCUT2D eigenvalue weighted by atomic mass is 16.5. The van der Waals surface area contributed by atoms with Crippen molar-refractivity contribution in [3.63, 3.8) is 0 Å². The van der Waals surface area contributed by atoms with E-state index in [0.29, 0.717) is 28.3 Å². The molecule has 0 bridgehead atoms. The van der Waals surface area contributed by atoms with Gasteiger partial charge in [0.15, 0.2) is 11.5 Å². The number of methoxy groups -OCH3 is 1. The lowest BCUT2D eigenvalue weighted by Crippen LogP contribution is -2.41. The van der Waals surface area contributed by atoms with Crippen LogP contribution >= 0.6 is 0 Å². The van der Waals surface area contributed by atoms with E-state index in [9.17, 15) is 9.59 Å². The van der Waals surface area contributed by atoms with Gasteiger partial charge in [-0.1, -0.05) is 0 Å². The van der Waals surface area contributed by atoms with Crippen LogP contribution < -0.4 is 20.3 Å². The van der Waals surface area contributed by atoms with E-state index in [4.69, 9.17) is 9.47 Å². The second-order valence-corrected chi connectivity index (χ2v) is 6.24. The number of nitrogens with one attached hydrogen (secondary N) is 2. The van der Waals surface area contributed by atoms with Crippen LogP contribution in [0.2, 0.25) is 0 Å². The average Bonchev–Trinajstić information content (AvgIpc) is 3.26. The van der Waals surface area contributed by atoms with Crippen LogP contribution in [-0.4, -0.2) is 45.2 Å². The summed E-state index contributed by atoms with van der Waals surface area (Å²) in [6.45, 7) is 3.79.